The second-order valence-electron chi connectivity index (χ2n) is 6.87. The minimum absolute atomic E-state index is 0.254. The number of aryl methyl sites for hydroxylation is 1. The van der Waals surface area contributed by atoms with E-state index in [9.17, 15) is 4.79 Å². The summed E-state index contributed by atoms with van der Waals surface area (Å²) in [6.45, 7) is 4.91. The molecule has 2 aromatic heterocycles. The lowest BCUT2D eigenvalue weighted by Crippen LogP contribution is -2.23. The van der Waals surface area contributed by atoms with E-state index in [0.29, 0.717) is 18.8 Å². The fourth-order valence-electron chi connectivity index (χ4n) is 3.26. The number of carbonyl (C=O) groups excluding carboxylic acids is 1. The van der Waals surface area contributed by atoms with Crippen molar-refractivity contribution in [2.45, 2.75) is 26.9 Å². The maximum absolute atomic E-state index is 12.5. The number of nitrogens with zero attached hydrogens (tertiary/aromatic N) is 5. The van der Waals surface area contributed by atoms with Crippen molar-refractivity contribution < 1.29 is 4.79 Å². The second-order valence-corrected chi connectivity index (χ2v) is 6.87. The van der Waals surface area contributed by atoms with Gasteiger partial charge in [0.25, 0.3) is 5.91 Å². The number of nitrogens with one attached hydrogen (secondary N) is 1. The maximum atomic E-state index is 12.5. The minimum atomic E-state index is -0.254. The average Bonchev–Trinajstić information content (AvgIpc) is 3.32. The van der Waals surface area contributed by atoms with Gasteiger partial charge in [0.1, 0.15) is 0 Å². The molecule has 0 atom stereocenters. The molecule has 0 aliphatic rings. The van der Waals surface area contributed by atoms with Crippen molar-refractivity contribution in [3.05, 3.63) is 95.1 Å². The molecule has 0 radical (unpaired) electrons. The van der Waals surface area contributed by atoms with Crippen molar-refractivity contribution >= 4 is 5.91 Å². The Morgan fingerprint density at radius 1 is 1.00 bits per heavy atom. The van der Waals surface area contributed by atoms with E-state index < -0.39 is 0 Å². The van der Waals surface area contributed by atoms with Crippen molar-refractivity contribution in [2.24, 2.45) is 0 Å². The maximum Gasteiger partial charge on any atom is 0.273 e. The Morgan fingerprint density at radius 2 is 1.69 bits per heavy atom. The van der Waals surface area contributed by atoms with Gasteiger partial charge in [0.2, 0.25) is 0 Å². The summed E-state index contributed by atoms with van der Waals surface area (Å²) in [6, 6.07) is 19.9. The molecule has 0 spiro atoms. The number of para-hydroxylation sites is 1. The Hall–Kier alpha value is -3.74. The van der Waals surface area contributed by atoms with Gasteiger partial charge in [0.15, 0.2) is 5.69 Å². The molecule has 0 fully saturated rings. The molecule has 2 heterocycles. The van der Waals surface area contributed by atoms with E-state index in [1.807, 2.05) is 79.2 Å². The van der Waals surface area contributed by atoms with Crippen LogP contribution in [0.2, 0.25) is 0 Å². The average molecular weight is 386 g/mol. The first-order valence-electron chi connectivity index (χ1n) is 9.44. The largest absolute Gasteiger partial charge is 0.346 e. The zero-order valence-corrected chi connectivity index (χ0v) is 16.4. The van der Waals surface area contributed by atoms with E-state index in [4.69, 9.17) is 0 Å². The van der Waals surface area contributed by atoms with Crippen LogP contribution in [0.3, 0.4) is 0 Å². The zero-order chi connectivity index (χ0) is 20.2. The molecular formula is C22H22N6O. The smallest absolute Gasteiger partial charge is 0.273 e. The predicted molar refractivity (Wildman–Crippen MR) is 110 cm³/mol. The standard InChI is InChI=1S/C22H22N6O/c1-16-20(17(2)28(25-16)19-11-7-4-8-12-19)13-23-22(29)21-15-27(26-24-21)14-18-9-5-3-6-10-18/h3-12,15H,13-14H2,1-2H3,(H,23,29). The van der Waals surface area contributed by atoms with Crippen LogP contribution in [0, 0.1) is 13.8 Å². The summed E-state index contributed by atoms with van der Waals surface area (Å²) < 4.78 is 3.56. The molecule has 0 saturated heterocycles. The van der Waals surface area contributed by atoms with E-state index in [2.05, 4.69) is 20.7 Å². The number of amides is 1. The van der Waals surface area contributed by atoms with Gasteiger partial charge in [-0.05, 0) is 31.5 Å². The third-order valence-electron chi connectivity index (χ3n) is 4.83. The molecule has 0 saturated carbocycles. The van der Waals surface area contributed by atoms with Crippen molar-refractivity contribution in [2.75, 3.05) is 0 Å². The molecule has 0 bridgehead atoms. The van der Waals surface area contributed by atoms with Gasteiger partial charge in [0.05, 0.1) is 24.1 Å². The summed E-state index contributed by atoms with van der Waals surface area (Å²) in [7, 11) is 0. The van der Waals surface area contributed by atoms with Gasteiger partial charge in [-0.2, -0.15) is 5.10 Å². The third-order valence-corrected chi connectivity index (χ3v) is 4.83. The van der Waals surface area contributed by atoms with E-state index in [-0.39, 0.29) is 5.91 Å². The van der Waals surface area contributed by atoms with Crippen LogP contribution in [0.15, 0.2) is 66.9 Å². The topological polar surface area (TPSA) is 77.6 Å². The van der Waals surface area contributed by atoms with Gasteiger partial charge in [-0.15, -0.1) is 5.10 Å². The summed E-state index contributed by atoms with van der Waals surface area (Å²) in [5, 5.41) is 15.6. The normalized spacial score (nSPS) is 10.8. The third kappa shape index (κ3) is 4.08. The molecule has 0 aliphatic heterocycles. The summed E-state index contributed by atoms with van der Waals surface area (Å²) in [6.07, 6.45) is 1.66. The molecule has 146 valence electrons. The summed E-state index contributed by atoms with van der Waals surface area (Å²) in [4.78, 5) is 12.5. The van der Waals surface area contributed by atoms with Gasteiger partial charge in [0, 0.05) is 17.8 Å². The molecule has 7 nitrogen and oxygen atoms in total. The Balaban J connectivity index is 1.43. The van der Waals surface area contributed by atoms with Crippen LogP contribution in [0.25, 0.3) is 5.69 Å². The first kappa shape index (κ1) is 18.6. The highest BCUT2D eigenvalue weighted by atomic mass is 16.2. The highest BCUT2D eigenvalue weighted by molar-refractivity contribution is 5.91. The lowest BCUT2D eigenvalue weighted by Gasteiger charge is -2.06. The number of hydrogen-bond donors (Lipinski definition) is 1. The van der Waals surface area contributed by atoms with Crippen LogP contribution < -0.4 is 5.32 Å². The Bertz CT molecular complexity index is 1110. The quantitative estimate of drug-likeness (QED) is 0.552. The van der Waals surface area contributed by atoms with Crippen molar-refractivity contribution in [1.82, 2.24) is 30.1 Å². The highest BCUT2D eigenvalue weighted by Gasteiger charge is 2.16. The van der Waals surface area contributed by atoms with Gasteiger partial charge in [-0.1, -0.05) is 53.7 Å². The van der Waals surface area contributed by atoms with E-state index in [1.165, 1.54) is 0 Å². The Kier molecular flexibility index (Phi) is 5.20. The predicted octanol–water partition coefficient (Wildman–Crippen LogP) is 3.06. The van der Waals surface area contributed by atoms with Crippen LogP contribution in [0.1, 0.15) is 33.0 Å². The summed E-state index contributed by atoms with van der Waals surface area (Å²) in [5.41, 5.74) is 5.28. The monoisotopic (exact) mass is 386 g/mol. The van der Waals surface area contributed by atoms with Gasteiger partial charge in [-0.3, -0.25) is 4.79 Å². The number of aromatic nitrogens is 5. The molecule has 1 amide bonds. The van der Waals surface area contributed by atoms with Gasteiger partial charge < -0.3 is 5.32 Å². The summed E-state index contributed by atoms with van der Waals surface area (Å²) >= 11 is 0. The number of hydrogen-bond acceptors (Lipinski definition) is 4. The minimum Gasteiger partial charge on any atom is -0.346 e. The second kappa shape index (κ2) is 8.10. The fourth-order valence-corrected chi connectivity index (χ4v) is 3.26. The van der Waals surface area contributed by atoms with Crippen LogP contribution in [0.4, 0.5) is 0 Å². The molecule has 0 aliphatic carbocycles. The van der Waals surface area contributed by atoms with Crippen LogP contribution in [-0.2, 0) is 13.1 Å². The van der Waals surface area contributed by atoms with Crippen LogP contribution >= 0.6 is 0 Å². The van der Waals surface area contributed by atoms with Crippen LogP contribution in [-0.4, -0.2) is 30.7 Å². The molecule has 4 aromatic rings. The van der Waals surface area contributed by atoms with E-state index in [0.717, 1.165) is 28.2 Å². The van der Waals surface area contributed by atoms with E-state index >= 15 is 0 Å². The molecule has 29 heavy (non-hydrogen) atoms. The van der Waals surface area contributed by atoms with Crippen LogP contribution in [0.5, 0.6) is 0 Å². The fraction of sp³-hybridized carbons (Fsp3) is 0.182. The number of benzene rings is 2. The molecule has 4 rings (SSSR count). The summed E-state index contributed by atoms with van der Waals surface area (Å²) in [5.74, 6) is -0.254. The Labute approximate surface area is 169 Å². The Morgan fingerprint density at radius 3 is 2.41 bits per heavy atom. The van der Waals surface area contributed by atoms with E-state index in [1.54, 1.807) is 10.9 Å². The highest BCUT2D eigenvalue weighted by Crippen LogP contribution is 2.17. The van der Waals surface area contributed by atoms with Crippen molar-refractivity contribution in [1.29, 1.82) is 0 Å². The first-order valence-corrected chi connectivity index (χ1v) is 9.44. The van der Waals surface area contributed by atoms with Crippen molar-refractivity contribution in [3.63, 3.8) is 0 Å². The lowest BCUT2D eigenvalue weighted by atomic mass is 10.2. The molecule has 0 unspecified atom stereocenters. The van der Waals surface area contributed by atoms with Gasteiger partial charge >= 0.3 is 0 Å². The zero-order valence-electron chi connectivity index (χ0n) is 16.4. The SMILES string of the molecule is Cc1nn(-c2ccccc2)c(C)c1CNC(=O)c1cn(Cc2ccccc2)nn1. The number of carbonyl (C=O) groups is 1. The first-order chi connectivity index (χ1) is 14.1. The van der Waals surface area contributed by atoms with Gasteiger partial charge in [-0.25, -0.2) is 9.36 Å². The van der Waals surface area contributed by atoms with Crippen molar-refractivity contribution in [3.8, 4) is 5.69 Å². The molecule has 2 aromatic carbocycles. The molecule has 1 N–H and O–H groups in total. The molecule has 7 heteroatoms. The molecular weight excluding hydrogens is 364 g/mol. The lowest BCUT2D eigenvalue weighted by molar-refractivity contribution is 0.0945. The number of rotatable bonds is 6.